The fraction of sp³-hybridized carbons (Fsp3) is 0.440. The van der Waals surface area contributed by atoms with Gasteiger partial charge in [-0.25, -0.2) is 9.78 Å². The van der Waals surface area contributed by atoms with Gasteiger partial charge in [0.05, 0.1) is 5.39 Å². The number of ether oxygens (including phenoxy) is 1. The average Bonchev–Trinajstić information content (AvgIpc) is 3.28. The number of carbonyl (C=O) groups excluding carboxylic acids is 1. The Morgan fingerprint density at radius 3 is 2.85 bits per heavy atom. The first-order valence-electron chi connectivity index (χ1n) is 11.3. The van der Waals surface area contributed by atoms with Gasteiger partial charge in [0.25, 0.3) is 5.56 Å². The maximum Gasteiger partial charge on any atom is 0.349 e. The molecule has 8 heteroatoms. The van der Waals surface area contributed by atoms with Crippen molar-refractivity contribution >= 4 is 33.6 Å². The van der Waals surface area contributed by atoms with Crippen LogP contribution in [0.1, 0.15) is 59.9 Å². The predicted octanol–water partition coefficient (Wildman–Crippen LogP) is 4.59. The monoisotopic (exact) mass is 464 g/mol. The van der Waals surface area contributed by atoms with Crippen LogP contribution in [-0.2, 0) is 35.5 Å². The standard InChI is InChI=1S/C25H28N4O3S/c1-14(2)12-29-15(3)9-17(16(29)4)10-18(11-26)25(31)32-13-21-27-23(30)22-19-7-5-6-8-20(19)33-24(22)28-21/h9-10,14H,5-8,12-13H2,1-4H3,(H,27,28,30). The summed E-state index contributed by atoms with van der Waals surface area (Å²) < 4.78 is 7.52. The van der Waals surface area contributed by atoms with Crippen molar-refractivity contribution in [3.05, 3.63) is 55.2 Å². The minimum Gasteiger partial charge on any atom is -0.453 e. The minimum atomic E-state index is -0.737. The fourth-order valence-corrected chi connectivity index (χ4v) is 5.68. The molecular formula is C25H28N4O3S. The quantitative estimate of drug-likeness (QED) is 0.327. The van der Waals surface area contributed by atoms with Crippen LogP contribution in [0.5, 0.6) is 0 Å². The molecule has 0 atom stereocenters. The number of hydrogen-bond acceptors (Lipinski definition) is 6. The van der Waals surface area contributed by atoms with Gasteiger partial charge in [0.2, 0.25) is 0 Å². The van der Waals surface area contributed by atoms with Crippen LogP contribution >= 0.6 is 11.3 Å². The average molecular weight is 465 g/mol. The second-order valence-electron chi connectivity index (χ2n) is 8.98. The van der Waals surface area contributed by atoms with Crippen molar-refractivity contribution < 1.29 is 9.53 Å². The van der Waals surface area contributed by atoms with Crippen molar-refractivity contribution in [3.63, 3.8) is 0 Å². The summed E-state index contributed by atoms with van der Waals surface area (Å²) in [7, 11) is 0. The zero-order chi connectivity index (χ0) is 23.7. The van der Waals surface area contributed by atoms with Crippen LogP contribution < -0.4 is 5.56 Å². The summed E-state index contributed by atoms with van der Waals surface area (Å²) in [6.07, 6.45) is 5.66. The molecule has 0 aliphatic heterocycles. The lowest BCUT2D eigenvalue weighted by molar-refractivity contribution is -0.139. The number of hydrogen-bond donors (Lipinski definition) is 1. The molecule has 1 aliphatic carbocycles. The molecule has 4 rings (SSSR count). The SMILES string of the molecule is Cc1cc(C=C(C#N)C(=O)OCc2nc3sc4c(c3c(=O)[nH]2)CCCC4)c(C)n1CC(C)C. The number of nitrogens with one attached hydrogen (secondary N) is 1. The van der Waals surface area contributed by atoms with Gasteiger partial charge in [0.1, 0.15) is 28.9 Å². The molecule has 0 fully saturated rings. The molecule has 0 radical (unpaired) electrons. The van der Waals surface area contributed by atoms with Crippen molar-refractivity contribution in [2.45, 2.75) is 66.5 Å². The van der Waals surface area contributed by atoms with Crippen LogP contribution in [0.3, 0.4) is 0 Å². The molecule has 3 heterocycles. The van der Waals surface area contributed by atoms with E-state index in [-0.39, 0.29) is 23.6 Å². The summed E-state index contributed by atoms with van der Waals surface area (Å²) in [4.78, 5) is 34.4. The number of esters is 1. The smallest absolute Gasteiger partial charge is 0.349 e. The Kier molecular flexibility index (Phi) is 6.52. The van der Waals surface area contributed by atoms with Gasteiger partial charge in [-0.2, -0.15) is 5.26 Å². The molecule has 0 unspecified atom stereocenters. The van der Waals surface area contributed by atoms with Gasteiger partial charge >= 0.3 is 5.97 Å². The van der Waals surface area contributed by atoms with Gasteiger partial charge in [0.15, 0.2) is 0 Å². The second-order valence-corrected chi connectivity index (χ2v) is 10.1. The predicted molar refractivity (Wildman–Crippen MR) is 129 cm³/mol. The summed E-state index contributed by atoms with van der Waals surface area (Å²) in [5.74, 6) is 0.0270. The maximum atomic E-state index is 12.7. The van der Waals surface area contributed by atoms with Crippen molar-refractivity contribution in [1.82, 2.24) is 14.5 Å². The summed E-state index contributed by atoms with van der Waals surface area (Å²) in [5, 5.41) is 10.2. The molecule has 1 aliphatic rings. The number of aromatic amines is 1. The molecule has 7 nitrogen and oxygen atoms in total. The van der Waals surface area contributed by atoms with Crippen LogP contribution in [0.4, 0.5) is 0 Å². The van der Waals surface area contributed by atoms with Crippen molar-refractivity contribution in [2.75, 3.05) is 0 Å². The highest BCUT2D eigenvalue weighted by Gasteiger charge is 2.20. The number of H-pyrrole nitrogens is 1. The summed E-state index contributed by atoms with van der Waals surface area (Å²) in [5.41, 5.74) is 3.72. The van der Waals surface area contributed by atoms with E-state index in [1.165, 1.54) is 4.88 Å². The highest BCUT2D eigenvalue weighted by atomic mass is 32.1. The Balaban J connectivity index is 1.53. The van der Waals surface area contributed by atoms with Crippen molar-refractivity contribution in [1.29, 1.82) is 5.26 Å². The second kappa shape index (κ2) is 9.36. The summed E-state index contributed by atoms with van der Waals surface area (Å²) in [6, 6.07) is 3.91. The number of carbonyl (C=O) groups is 1. The molecule has 1 N–H and O–H groups in total. The highest BCUT2D eigenvalue weighted by Crippen LogP contribution is 2.33. The van der Waals surface area contributed by atoms with E-state index in [4.69, 9.17) is 4.74 Å². The van der Waals surface area contributed by atoms with Gasteiger partial charge in [-0.1, -0.05) is 13.8 Å². The normalized spacial score (nSPS) is 13.9. The number of aryl methyl sites for hydroxylation is 3. The van der Waals surface area contributed by atoms with E-state index in [1.807, 2.05) is 26.0 Å². The van der Waals surface area contributed by atoms with Crippen molar-refractivity contribution in [2.24, 2.45) is 5.92 Å². The Labute approximate surface area is 196 Å². The van der Waals surface area contributed by atoms with E-state index in [0.717, 1.165) is 54.7 Å². The lowest BCUT2D eigenvalue weighted by atomic mass is 9.97. The topological polar surface area (TPSA) is 101 Å². The van der Waals surface area contributed by atoms with E-state index in [2.05, 4.69) is 28.4 Å². The van der Waals surface area contributed by atoms with Gasteiger partial charge < -0.3 is 14.3 Å². The number of nitriles is 1. The lowest BCUT2D eigenvalue weighted by Gasteiger charge is -2.12. The van der Waals surface area contributed by atoms with E-state index >= 15 is 0 Å². The Morgan fingerprint density at radius 1 is 1.36 bits per heavy atom. The summed E-state index contributed by atoms with van der Waals surface area (Å²) in [6.45, 7) is 8.95. The van der Waals surface area contributed by atoms with Crippen LogP contribution in [0.15, 0.2) is 16.4 Å². The lowest BCUT2D eigenvalue weighted by Crippen LogP contribution is -2.15. The molecule has 33 heavy (non-hydrogen) atoms. The Morgan fingerprint density at radius 2 is 2.12 bits per heavy atom. The van der Waals surface area contributed by atoms with Crippen LogP contribution in [0, 0.1) is 31.1 Å². The number of rotatable bonds is 6. The molecule has 0 saturated heterocycles. The first-order valence-corrected chi connectivity index (χ1v) is 12.1. The molecule has 3 aromatic heterocycles. The minimum absolute atomic E-state index is 0.0881. The molecule has 0 bridgehead atoms. The van der Waals surface area contributed by atoms with Gasteiger partial charge in [0, 0.05) is 22.8 Å². The van der Waals surface area contributed by atoms with Gasteiger partial charge in [-0.15, -0.1) is 11.3 Å². The van der Waals surface area contributed by atoms with Gasteiger partial charge in [-0.3, -0.25) is 4.79 Å². The molecule has 0 spiro atoms. The molecule has 172 valence electrons. The Bertz CT molecular complexity index is 1350. The molecule has 0 saturated carbocycles. The van der Waals surface area contributed by atoms with E-state index in [1.54, 1.807) is 17.4 Å². The van der Waals surface area contributed by atoms with Crippen LogP contribution in [-0.4, -0.2) is 20.5 Å². The van der Waals surface area contributed by atoms with Crippen LogP contribution in [0.25, 0.3) is 16.3 Å². The number of thiophene rings is 1. The van der Waals surface area contributed by atoms with Crippen molar-refractivity contribution in [3.8, 4) is 6.07 Å². The number of fused-ring (bicyclic) bond motifs is 3. The molecule has 0 amide bonds. The van der Waals surface area contributed by atoms with Crippen LogP contribution in [0.2, 0.25) is 0 Å². The summed E-state index contributed by atoms with van der Waals surface area (Å²) >= 11 is 1.55. The zero-order valence-corrected chi connectivity index (χ0v) is 20.3. The molecule has 0 aromatic carbocycles. The first kappa shape index (κ1) is 23.0. The van der Waals surface area contributed by atoms with E-state index in [9.17, 15) is 14.9 Å². The third kappa shape index (κ3) is 4.64. The number of aromatic nitrogens is 3. The maximum absolute atomic E-state index is 12.7. The van der Waals surface area contributed by atoms with E-state index in [0.29, 0.717) is 16.1 Å². The van der Waals surface area contributed by atoms with E-state index < -0.39 is 5.97 Å². The third-order valence-corrected chi connectivity index (χ3v) is 7.20. The molecule has 3 aromatic rings. The van der Waals surface area contributed by atoms with Gasteiger partial charge in [-0.05, 0) is 68.7 Å². The largest absolute Gasteiger partial charge is 0.453 e. The first-order chi connectivity index (χ1) is 15.8. The third-order valence-electron chi connectivity index (χ3n) is 6.01. The molecular weight excluding hydrogens is 436 g/mol. The Hall–Kier alpha value is -3.18. The number of nitrogens with zero attached hydrogens (tertiary/aromatic N) is 3. The highest BCUT2D eigenvalue weighted by molar-refractivity contribution is 7.18. The fourth-order valence-electron chi connectivity index (χ4n) is 4.40. The zero-order valence-electron chi connectivity index (χ0n) is 19.4.